The molecule has 1 unspecified atom stereocenters. The molecule has 100 valence electrons. The van der Waals surface area contributed by atoms with E-state index >= 15 is 0 Å². The summed E-state index contributed by atoms with van der Waals surface area (Å²) in [6.07, 6.45) is 3.77. The first-order valence-corrected chi connectivity index (χ1v) is 6.60. The van der Waals surface area contributed by atoms with Crippen molar-refractivity contribution < 1.29 is 4.74 Å². The van der Waals surface area contributed by atoms with Crippen LogP contribution in [-0.2, 0) is 11.3 Å². The Hall–Kier alpha value is -1.36. The van der Waals surface area contributed by atoms with E-state index in [0.717, 1.165) is 24.8 Å². The molecule has 0 spiro atoms. The molecular formula is C13H22N4O. The van der Waals surface area contributed by atoms with Crippen LogP contribution in [0.2, 0.25) is 0 Å². The number of rotatable bonds is 4. The number of aromatic nitrogens is 2. The molecule has 0 saturated carbocycles. The number of piperidine rings is 1. The van der Waals surface area contributed by atoms with Gasteiger partial charge in [-0.3, -0.25) is 0 Å². The van der Waals surface area contributed by atoms with Gasteiger partial charge in [-0.05, 0) is 18.8 Å². The zero-order chi connectivity index (χ0) is 13.0. The van der Waals surface area contributed by atoms with Crippen molar-refractivity contribution in [1.29, 1.82) is 0 Å². The van der Waals surface area contributed by atoms with Gasteiger partial charge in [0.2, 0.25) is 0 Å². The maximum absolute atomic E-state index is 5.83. The molecule has 0 amide bonds. The van der Waals surface area contributed by atoms with Gasteiger partial charge in [-0.1, -0.05) is 13.3 Å². The maximum atomic E-state index is 5.83. The quantitative estimate of drug-likeness (QED) is 0.883. The fourth-order valence-electron chi connectivity index (χ4n) is 2.47. The van der Waals surface area contributed by atoms with E-state index in [1.54, 1.807) is 7.11 Å². The topological polar surface area (TPSA) is 64.3 Å². The highest BCUT2D eigenvalue weighted by molar-refractivity contribution is 5.47. The molecule has 1 fully saturated rings. The summed E-state index contributed by atoms with van der Waals surface area (Å²) in [5, 5.41) is 0. The van der Waals surface area contributed by atoms with Gasteiger partial charge in [-0.15, -0.1) is 0 Å². The summed E-state index contributed by atoms with van der Waals surface area (Å²) in [6.45, 7) is 4.78. The van der Waals surface area contributed by atoms with Gasteiger partial charge in [0, 0.05) is 26.3 Å². The van der Waals surface area contributed by atoms with Crippen LogP contribution in [0.1, 0.15) is 32.0 Å². The lowest BCUT2D eigenvalue weighted by Gasteiger charge is -2.33. The van der Waals surface area contributed by atoms with Crippen molar-refractivity contribution in [2.75, 3.05) is 30.8 Å². The Morgan fingerprint density at radius 3 is 3.06 bits per heavy atom. The van der Waals surface area contributed by atoms with Crippen LogP contribution in [0.4, 0.5) is 11.6 Å². The molecule has 5 heteroatoms. The molecule has 18 heavy (non-hydrogen) atoms. The molecule has 5 nitrogen and oxygen atoms in total. The molecule has 1 aliphatic rings. The van der Waals surface area contributed by atoms with E-state index in [4.69, 9.17) is 10.5 Å². The first-order valence-electron chi connectivity index (χ1n) is 6.60. The van der Waals surface area contributed by atoms with Crippen molar-refractivity contribution in [2.24, 2.45) is 5.92 Å². The number of hydrogen-bond acceptors (Lipinski definition) is 5. The van der Waals surface area contributed by atoms with Gasteiger partial charge < -0.3 is 15.4 Å². The van der Waals surface area contributed by atoms with Crippen molar-refractivity contribution in [2.45, 2.75) is 32.8 Å². The van der Waals surface area contributed by atoms with E-state index in [0.29, 0.717) is 18.2 Å². The summed E-state index contributed by atoms with van der Waals surface area (Å²) in [5.74, 6) is 2.88. The van der Waals surface area contributed by atoms with Crippen LogP contribution < -0.4 is 10.6 Å². The Labute approximate surface area is 108 Å². The summed E-state index contributed by atoms with van der Waals surface area (Å²) in [5.41, 5.74) is 5.83. The monoisotopic (exact) mass is 250 g/mol. The third kappa shape index (κ3) is 3.10. The minimum absolute atomic E-state index is 0.406. The lowest BCUT2D eigenvalue weighted by Crippen LogP contribution is -2.36. The number of methoxy groups -OCH3 is 1. The summed E-state index contributed by atoms with van der Waals surface area (Å²) in [4.78, 5) is 11.0. The zero-order valence-electron chi connectivity index (χ0n) is 11.2. The molecule has 1 aliphatic heterocycles. The van der Waals surface area contributed by atoms with E-state index in [-0.39, 0.29) is 0 Å². The van der Waals surface area contributed by atoms with Crippen LogP contribution in [0.25, 0.3) is 0 Å². The van der Waals surface area contributed by atoms with Gasteiger partial charge in [0.1, 0.15) is 18.2 Å². The molecule has 1 aromatic rings. The van der Waals surface area contributed by atoms with Crippen LogP contribution >= 0.6 is 0 Å². The van der Waals surface area contributed by atoms with Crippen LogP contribution in [0.3, 0.4) is 0 Å². The van der Waals surface area contributed by atoms with Gasteiger partial charge in [0.25, 0.3) is 0 Å². The third-order valence-corrected chi connectivity index (χ3v) is 3.47. The summed E-state index contributed by atoms with van der Waals surface area (Å²) in [6, 6.07) is 1.86. The van der Waals surface area contributed by atoms with E-state index in [2.05, 4.69) is 21.8 Å². The molecule has 0 aromatic carbocycles. The van der Waals surface area contributed by atoms with Gasteiger partial charge in [-0.25, -0.2) is 9.97 Å². The maximum Gasteiger partial charge on any atom is 0.158 e. The molecule has 0 aliphatic carbocycles. The summed E-state index contributed by atoms with van der Waals surface area (Å²) >= 11 is 0. The standard InChI is InChI=1S/C13H22N4O/c1-3-10-5-4-6-17(8-10)13-7-11(14)15-12(16-13)9-18-2/h7,10H,3-6,8-9H2,1-2H3,(H2,14,15,16). The highest BCUT2D eigenvalue weighted by Gasteiger charge is 2.20. The van der Waals surface area contributed by atoms with Crippen molar-refractivity contribution in [3.8, 4) is 0 Å². The van der Waals surface area contributed by atoms with Crippen molar-refractivity contribution in [3.63, 3.8) is 0 Å². The third-order valence-electron chi connectivity index (χ3n) is 3.47. The summed E-state index contributed by atoms with van der Waals surface area (Å²) in [7, 11) is 1.64. The van der Waals surface area contributed by atoms with E-state index in [9.17, 15) is 0 Å². The SMILES string of the molecule is CCC1CCCN(c2cc(N)nc(COC)n2)C1. The van der Waals surface area contributed by atoms with E-state index < -0.39 is 0 Å². The fraction of sp³-hybridized carbons (Fsp3) is 0.692. The molecule has 0 bridgehead atoms. The van der Waals surface area contributed by atoms with Crippen molar-refractivity contribution in [1.82, 2.24) is 9.97 Å². The molecule has 1 aromatic heterocycles. The average Bonchev–Trinajstić information content (AvgIpc) is 2.38. The molecule has 1 atom stereocenters. The highest BCUT2D eigenvalue weighted by Crippen LogP contribution is 2.24. The fourth-order valence-corrected chi connectivity index (χ4v) is 2.47. The normalized spacial score (nSPS) is 20.1. The van der Waals surface area contributed by atoms with Crippen LogP contribution in [0.5, 0.6) is 0 Å². The van der Waals surface area contributed by atoms with E-state index in [1.807, 2.05) is 6.07 Å². The van der Waals surface area contributed by atoms with Gasteiger partial charge in [-0.2, -0.15) is 0 Å². The first kappa shape index (κ1) is 13.1. The predicted molar refractivity (Wildman–Crippen MR) is 72.4 cm³/mol. The van der Waals surface area contributed by atoms with Crippen LogP contribution in [0, 0.1) is 5.92 Å². The second-order valence-corrected chi connectivity index (χ2v) is 4.86. The lowest BCUT2D eigenvalue weighted by molar-refractivity contribution is 0.178. The Kier molecular flexibility index (Phi) is 4.36. The minimum atomic E-state index is 0.406. The number of anilines is 2. The zero-order valence-corrected chi connectivity index (χ0v) is 11.2. The van der Waals surface area contributed by atoms with Crippen LogP contribution in [-0.4, -0.2) is 30.2 Å². The lowest BCUT2D eigenvalue weighted by atomic mass is 9.96. The Balaban J connectivity index is 2.16. The number of nitrogen functional groups attached to an aromatic ring is 1. The number of hydrogen-bond donors (Lipinski definition) is 1. The molecular weight excluding hydrogens is 228 g/mol. The molecule has 2 heterocycles. The second-order valence-electron chi connectivity index (χ2n) is 4.86. The Bertz CT molecular complexity index is 397. The second kappa shape index (κ2) is 6.00. The van der Waals surface area contributed by atoms with Crippen molar-refractivity contribution >= 4 is 11.6 Å². The average molecular weight is 250 g/mol. The van der Waals surface area contributed by atoms with Gasteiger partial charge in [0.15, 0.2) is 5.82 Å². The van der Waals surface area contributed by atoms with Gasteiger partial charge in [0.05, 0.1) is 0 Å². The van der Waals surface area contributed by atoms with Crippen molar-refractivity contribution in [3.05, 3.63) is 11.9 Å². The molecule has 2 N–H and O–H groups in total. The largest absolute Gasteiger partial charge is 0.384 e. The first-order chi connectivity index (χ1) is 8.72. The summed E-state index contributed by atoms with van der Waals surface area (Å²) < 4.78 is 5.07. The van der Waals surface area contributed by atoms with Gasteiger partial charge >= 0.3 is 0 Å². The predicted octanol–water partition coefficient (Wildman–Crippen LogP) is 1.83. The molecule has 2 rings (SSSR count). The number of nitrogens with zero attached hydrogens (tertiary/aromatic N) is 3. The number of nitrogens with two attached hydrogens (primary N) is 1. The minimum Gasteiger partial charge on any atom is -0.384 e. The molecule has 1 saturated heterocycles. The smallest absolute Gasteiger partial charge is 0.158 e. The Morgan fingerprint density at radius 1 is 1.50 bits per heavy atom. The molecule has 0 radical (unpaired) electrons. The highest BCUT2D eigenvalue weighted by atomic mass is 16.5. The van der Waals surface area contributed by atoms with Crippen LogP contribution in [0.15, 0.2) is 6.07 Å². The van der Waals surface area contributed by atoms with E-state index in [1.165, 1.54) is 19.3 Å². The number of ether oxygens (including phenoxy) is 1. The Morgan fingerprint density at radius 2 is 2.33 bits per heavy atom.